The van der Waals surface area contributed by atoms with E-state index in [9.17, 15) is 31.9 Å². The quantitative estimate of drug-likeness (QED) is 0.824. The van der Waals surface area contributed by atoms with Gasteiger partial charge in [0.15, 0.2) is 0 Å². The molecule has 0 aliphatic rings. The molecular weight excluding hydrogens is 309 g/mol. The highest BCUT2D eigenvalue weighted by atomic mass is 19.4. The maximum absolute atomic E-state index is 13.6. The molecule has 1 amide bonds. The molecule has 0 saturated heterocycles. The van der Waals surface area contributed by atoms with Gasteiger partial charge in [-0.15, -0.1) is 0 Å². The lowest BCUT2D eigenvalue weighted by atomic mass is 10.1. The Balaban J connectivity index is 2.27. The SMILES string of the molecule is O=C(Nc1ccc(C(F)(F)F)cc1F)c1cc(F)ccc1O. The molecule has 0 fully saturated rings. The summed E-state index contributed by atoms with van der Waals surface area (Å²) in [6.45, 7) is 0. The Morgan fingerprint density at radius 2 is 1.73 bits per heavy atom. The lowest BCUT2D eigenvalue weighted by Crippen LogP contribution is -2.14. The van der Waals surface area contributed by atoms with Gasteiger partial charge in [-0.05, 0) is 36.4 Å². The molecule has 0 aromatic heterocycles. The Hall–Kier alpha value is -2.64. The van der Waals surface area contributed by atoms with Crippen LogP contribution >= 0.6 is 0 Å². The van der Waals surface area contributed by atoms with E-state index < -0.39 is 46.3 Å². The highest BCUT2D eigenvalue weighted by Gasteiger charge is 2.31. The van der Waals surface area contributed by atoms with Crippen LogP contribution in [0.3, 0.4) is 0 Å². The predicted octanol–water partition coefficient (Wildman–Crippen LogP) is 3.94. The van der Waals surface area contributed by atoms with Gasteiger partial charge in [0, 0.05) is 0 Å². The fourth-order valence-corrected chi connectivity index (χ4v) is 1.67. The van der Waals surface area contributed by atoms with Gasteiger partial charge in [-0.25, -0.2) is 8.78 Å². The normalized spacial score (nSPS) is 11.3. The molecule has 0 aliphatic heterocycles. The van der Waals surface area contributed by atoms with Gasteiger partial charge < -0.3 is 10.4 Å². The second-order valence-corrected chi connectivity index (χ2v) is 4.31. The van der Waals surface area contributed by atoms with Crippen LogP contribution < -0.4 is 5.32 Å². The third-order valence-corrected chi connectivity index (χ3v) is 2.75. The Morgan fingerprint density at radius 3 is 2.32 bits per heavy atom. The highest BCUT2D eigenvalue weighted by Crippen LogP contribution is 2.31. The predicted molar refractivity (Wildman–Crippen MR) is 67.4 cm³/mol. The minimum atomic E-state index is -4.72. The van der Waals surface area contributed by atoms with E-state index in [1.807, 2.05) is 5.32 Å². The van der Waals surface area contributed by atoms with Gasteiger partial charge in [0.2, 0.25) is 0 Å². The number of phenolic OH excluding ortho intramolecular Hbond substituents is 1. The second kappa shape index (κ2) is 5.63. The van der Waals surface area contributed by atoms with E-state index in [0.29, 0.717) is 12.1 Å². The van der Waals surface area contributed by atoms with E-state index in [2.05, 4.69) is 0 Å². The lowest BCUT2D eigenvalue weighted by Gasteiger charge is -2.11. The van der Waals surface area contributed by atoms with Crippen molar-refractivity contribution in [2.24, 2.45) is 0 Å². The number of benzene rings is 2. The van der Waals surface area contributed by atoms with Crippen molar-refractivity contribution in [3.63, 3.8) is 0 Å². The third kappa shape index (κ3) is 3.33. The van der Waals surface area contributed by atoms with Crippen molar-refractivity contribution in [3.05, 3.63) is 59.2 Å². The Morgan fingerprint density at radius 1 is 1.05 bits per heavy atom. The van der Waals surface area contributed by atoms with E-state index in [1.54, 1.807) is 0 Å². The molecule has 2 N–H and O–H groups in total. The molecule has 0 aliphatic carbocycles. The first kappa shape index (κ1) is 15.7. The maximum Gasteiger partial charge on any atom is 0.416 e. The molecule has 0 radical (unpaired) electrons. The van der Waals surface area contributed by atoms with Crippen molar-refractivity contribution in [1.29, 1.82) is 0 Å². The summed E-state index contributed by atoms with van der Waals surface area (Å²) in [6.07, 6.45) is -4.72. The minimum absolute atomic E-state index is 0.223. The molecule has 0 bridgehead atoms. The summed E-state index contributed by atoms with van der Waals surface area (Å²) in [5, 5.41) is 11.4. The van der Waals surface area contributed by atoms with Gasteiger partial charge in [0.05, 0.1) is 16.8 Å². The summed E-state index contributed by atoms with van der Waals surface area (Å²) in [6, 6.07) is 4.09. The fraction of sp³-hybridized carbons (Fsp3) is 0.0714. The lowest BCUT2D eigenvalue weighted by molar-refractivity contribution is -0.137. The zero-order valence-corrected chi connectivity index (χ0v) is 10.7. The van der Waals surface area contributed by atoms with Crippen molar-refractivity contribution in [2.75, 3.05) is 5.32 Å². The largest absolute Gasteiger partial charge is 0.507 e. The first-order valence-corrected chi connectivity index (χ1v) is 5.85. The number of carbonyl (C=O) groups excluding carboxylic acids is 1. The van der Waals surface area contributed by atoms with Crippen molar-refractivity contribution in [2.45, 2.75) is 6.18 Å². The Labute approximate surface area is 121 Å². The fourth-order valence-electron chi connectivity index (χ4n) is 1.67. The Kier molecular flexibility index (Phi) is 4.03. The highest BCUT2D eigenvalue weighted by molar-refractivity contribution is 6.06. The second-order valence-electron chi connectivity index (χ2n) is 4.31. The van der Waals surface area contributed by atoms with Crippen LogP contribution in [0.25, 0.3) is 0 Å². The zero-order valence-electron chi connectivity index (χ0n) is 10.7. The van der Waals surface area contributed by atoms with Crippen LogP contribution in [0.5, 0.6) is 5.75 Å². The van der Waals surface area contributed by atoms with Crippen molar-refractivity contribution >= 4 is 11.6 Å². The van der Waals surface area contributed by atoms with E-state index in [1.165, 1.54) is 0 Å². The molecule has 8 heteroatoms. The van der Waals surface area contributed by atoms with Gasteiger partial charge in [0.1, 0.15) is 17.4 Å². The number of phenols is 1. The number of alkyl halides is 3. The van der Waals surface area contributed by atoms with E-state index in [0.717, 1.165) is 18.2 Å². The summed E-state index contributed by atoms with van der Waals surface area (Å²) in [5.41, 5.74) is -2.21. The van der Waals surface area contributed by atoms with Gasteiger partial charge in [-0.1, -0.05) is 0 Å². The smallest absolute Gasteiger partial charge is 0.416 e. The zero-order chi connectivity index (χ0) is 16.5. The van der Waals surface area contributed by atoms with Crippen molar-refractivity contribution < 1.29 is 31.9 Å². The molecule has 116 valence electrons. The molecule has 2 aromatic carbocycles. The average molecular weight is 317 g/mol. The number of nitrogens with one attached hydrogen (secondary N) is 1. The molecule has 0 atom stereocenters. The van der Waals surface area contributed by atoms with Crippen LogP contribution in [0.1, 0.15) is 15.9 Å². The van der Waals surface area contributed by atoms with E-state index in [-0.39, 0.29) is 6.07 Å². The number of rotatable bonds is 2. The minimum Gasteiger partial charge on any atom is -0.507 e. The summed E-state index contributed by atoms with van der Waals surface area (Å²) < 4.78 is 63.8. The summed E-state index contributed by atoms with van der Waals surface area (Å²) >= 11 is 0. The molecule has 22 heavy (non-hydrogen) atoms. The Bertz CT molecular complexity index is 728. The average Bonchev–Trinajstić information content (AvgIpc) is 2.42. The molecule has 2 aromatic rings. The van der Waals surface area contributed by atoms with Crippen LogP contribution in [0.4, 0.5) is 27.6 Å². The van der Waals surface area contributed by atoms with Crippen LogP contribution in [-0.4, -0.2) is 11.0 Å². The standard InChI is InChI=1S/C14H8F5NO2/c15-8-2-4-12(21)9(6-8)13(22)20-11-3-1-7(5-10(11)16)14(17,18)19/h1-6,21H,(H,20,22). The summed E-state index contributed by atoms with van der Waals surface area (Å²) in [4.78, 5) is 11.8. The molecular formula is C14H8F5NO2. The van der Waals surface area contributed by atoms with Crippen LogP contribution in [-0.2, 0) is 6.18 Å². The van der Waals surface area contributed by atoms with Crippen LogP contribution in [0.2, 0.25) is 0 Å². The van der Waals surface area contributed by atoms with Crippen LogP contribution in [0.15, 0.2) is 36.4 Å². The third-order valence-electron chi connectivity index (χ3n) is 2.75. The number of halogens is 5. The number of amides is 1. The summed E-state index contributed by atoms with van der Waals surface area (Å²) in [7, 11) is 0. The van der Waals surface area contributed by atoms with E-state index in [4.69, 9.17) is 0 Å². The monoisotopic (exact) mass is 317 g/mol. The van der Waals surface area contributed by atoms with Gasteiger partial charge in [0.25, 0.3) is 5.91 Å². The topological polar surface area (TPSA) is 49.3 Å². The molecule has 0 heterocycles. The van der Waals surface area contributed by atoms with Gasteiger partial charge in [-0.2, -0.15) is 13.2 Å². The molecule has 0 spiro atoms. The molecule has 2 rings (SSSR count). The number of carbonyl (C=O) groups is 1. The first-order chi connectivity index (χ1) is 10.2. The summed E-state index contributed by atoms with van der Waals surface area (Å²) in [5.74, 6) is -3.73. The molecule has 0 unspecified atom stereocenters. The number of aromatic hydroxyl groups is 1. The number of hydrogen-bond acceptors (Lipinski definition) is 2. The van der Waals surface area contributed by atoms with Gasteiger partial charge in [-0.3, -0.25) is 4.79 Å². The first-order valence-electron chi connectivity index (χ1n) is 5.85. The molecule has 0 saturated carbocycles. The van der Waals surface area contributed by atoms with Crippen molar-refractivity contribution in [3.8, 4) is 5.75 Å². The number of hydrogen-bond donors (Lipinski definition) is 2. The maximum atomic E-state index is 13.6. The number of anilines is 1. The van der Waals surface area contributed by atoms with Gasteiger partial charge >= 0.3 is 6.18 Å². The molecule has 3 nitrogen and oxygen atoms in total. The van der Waals surface area contributed by atoms with E-state index >= 15 is 0 Å². The van der Waals surface area contributed by atoms with Crippen molar-refractivity contribution in [1.82, 2.24) is 0 Å². The van der Waals surface area contributed by atoms with Crippen LogP contribution in [0, 0.1) is 11.6 Å².